The van der Waals surface area contributed by atoms with Crippen LogP contribution in [0.25, 0.3) is 0 Å². The van der Waals surface area contributed by atoms with Crippen LogP contribution in [-0.2, 0) is 28.2 Å². The van der Waals surface area contributed by atoms with Crippen molar-refractivity contribution in [3.63, 3.8) is 0 Å². The van der Waals surface area contributed by atoms with Gasteiger partial charge in [-0.3, -0.25) is 14.1 Å². The summed E-state index contributed by atoms with van der Waals surface area (Å²) < 4.78 is 26.4. The number of hydrogen-bond acceptors (Lipinski definition) is 6. The molecule has 0 aliphatic carbocycles. The van der Waals surface area contributed by atoms with E-state index in [0.717, 1.165) is 64.2 Å². The molecular formula is C51H89O8P. The van der Waals surface area contributed by atoms with Gasteiger partial charge in [0.25, 0.3) is 0 Å². The summed E-state index contributed by atoms with van der Waals surface area (Å²) in [5.41, 5.74) is 0. The van der Waals surface area contributed by atoms with Crippen LogP contribution in [0.2, 0.25) is 0 Å². The average molecular weight is 861 g/mol. The highest BCUT2D eigenvalue weighted by Gasteiger charge is 2.22. The number of phosphoric ester groups is 1. The predicted molar refractivity (Wildman–Crippen MR) is 253 cm³/mol. The highest BCUT2D eigenvalue weighted by atomic mass is 31.2. The molecule has 0 fully saturated rings. The summed E-state index contributed by atoms with van der Waals surface area (Å²) in [5, 5.41) is 0. The van der Waals surface area contributed by atoms with Crippen molar-refractivity contribution in [3.8, 4) is 0 Å². The lowest BCUT2D eigenvalue weighted by molar-refractivity contribution is -0.161. The first-order chi connectivity index (χ1) is 29.3. The molecule has 0 saturated carbocycles. The van der Waals surface area contributed by atoms with Gasteiger partial charge in [-0.15, -0.1) is 0 Å². The van der Waals surface area contributed by atoms with Crippen LogP contribution in [0.15, 0.2) is 72.9 Å². The van der Waals surface area contributed by atoms with Gasteiger partial charge in [-0.25, -0.2) is 4.57 Å². The predicted octanol–water partition coefficient (Wildman–Crippen LogP) is 15.4. The number of carbonyl (C=O) groups is 2. The summed E-state index contributed by atoms with van der Waals surface area (Å²) in [4.78, 5) is 43.0. The van der Waals surface area contributed by atoms with E-state index in [9.17, 15) is 14.2 Å². The van der Waals surface area contributed by atoms with Crippen molar-refractivity contribution in [1.82, 2.24) is 0 Å². The monoisotopic (exact) mass is 861 g/mol. The number of ether oxygens (including phenoxy) is 2. The molecule has 0 heterocycles. The average Bonchev–Trinajstić information content (AvgIpc) is 3.22. The Morgan fingerprint density at radius 1 is 0.450 bits per heavy atom. The third-order valence-electron chi connectivity index (χ3n) is 10.2. The molecule has 8 nitrogen and oxygen atoms in total. The third-order valence-corrected chi connectivity index (χ3v) is 10.7. The lowest BCUT2D eigenvalue weighted by atomic mass is 10.0. The van der Waals surface area contributed by atoms with E-state index in [1.54, 1.807) is 0 Å². The summed E-state index contributed by atoms with van der Waals surface area (Å²) in [6.07, 6.45) is 60.7. The molecule has 0 aromatic carbocycles. The number of phosphoric acid groups is 1. The Kier molecular flexibility index (Phi) is 44.1. The second-order valence-electron chi connectivity index (χ2n) is 16.1. The fraction of sp³-hybridized carbons (Fsp3) is 0.725. The number of hydrogen-bond donors (Lipinski definition) is 2. The van der Waals surface area contributed by atoms with Crippen LogP contribution >= 0.6 is 7.82 Å². The van der Waals surface area contributed by atoms with Crippen LogP contribution in [0.5, 0.6) is 0 Å². The SMILES string of the molecule is CC/C=C/C/C=C/C/C=C/C/C=C/C/C=C/CCCCCC(=O)OC[C@H](COP(=O)(O)O)OC(=O)CCC/C=C/CCCCCCCCCCCCCCCCCCCC. The number of carbonyl (C=O) groups excluding carboxylic acids is 2. The molecule has 2 N–H and O–H groups in total. The van der Waals surface area contributed by atoms with Crippen molar-refractivity contribution >= 4 is 19.8 Å². The van der Waals surface area contributed by atoms with Crippen LogP contribution in [0.1, 0.15) is 219 Å². The van der Waals surface area contributed by atoms with Gasteiger partial charge in [0.05, 0.1) is 6.61 Å². The van der Waals surface area contributed by atoms with Gasteiger partial charge in [-0.1, -0.05) is 202 Å². The minimum atomic E-state index is -4.78. The molecule has 0 unspecified atom stereocenters. The molecule has 0 aromatic heterocycles. The largest absolute Gasteiger partial charge is 0.469 e. The molecule has 0 rings (SSSR count). The van der Waals surface area contributed by atoms with Gasteiger partial charge < -0.3 is 19.3 Å². The Balaban J connectivity index is 3.93. The Hall–Kier alpha value is -2.51. The first kappa shape index (κ1) is 57.5. The molecule has 0 spiro atoms. The Morgan fingerprint density at radius 2 is 0.817 bits per heavy atom. The van der Waals surface area contributed by atoms with Crippen LogP contribution in [0.4, 0.5) is 0 Å². The maximum atomic E-state index is 12.4. The number of rotatable bonds is 44. The summed E-state index contributed by atoms with van der Waals surface area (Å²) in [6.45, 7) is 3.54. The van der Waals surface area contributed by atoms with E-state index in [1.165, 1.54) is 116 Å². The lowest BCUT2D eigenvalue weighted by Gasteiger charge is -2.18. The zero-order valence-electron chi connectivity index (χ0n) is 38.3. The van der Waals surface area contributed by atoms with Crippen LogP contribution in [0.3, 0.4) is 0 Å². The van der Waals surface area contributed by atoms with Crippen LogP contribution in [-0.4, -0.2) is 41.0 Å². The molecule has 0 radical (unpaired) electrons. The van der Waals surface area contributed by atoms with Gasteiger partial charge in [0.2, 0.25) is 0 Å². The van der Waals surface area contributed by atoms with E-state index in [1.807, 2.05) is 0 Å². The summed E-state index contributed by atoms with van der Waals surface area (Å²) >= 11 is 0. The fourth-order valence-corrected chi connectivity index (χ4v) is 7.00. The minimum absolute atomic E-state index is 0.155. The molecule has 60 heavy (non-hydrogen) atoms. The van der Waals surface area contributed by atoms with Gasteiger partial charge >= 0.3 is 19.8 Å². The van der Waals surface area contributed by atoms with Crippen molar-refractivity contribution in [1.29, 1.82) is 0 Å². The molecule has 0 aliphatic heterocycles. The van der Waals surface area contributed by atoms with Crippen molar-refractivity contribution in [2.24, 2.45) is 0 Å². The second-order valence-corrected chi connectivity index (χ2v) is 17.3. The molecule has 9 heteroatoms. The van der Waals surface area contributed by atoms with Crippen molar-refractivity contribution in [3.05, 3.63) is 72.9 Å². The van der Waals surface area contributed by atoms with E-state index < -0.39 is 32.5 Å². The molecule has 0 amide bonds. The molecule has 0 bridgehead atoms. The zero-order valence-corrected chi connectivity index (χ0v) is 39.2. The molecule has 1 atom stereocenters. The highest BCUT2D eigenvalue weighted by molar-refractivity contribution is 7.46. The Labute approximate surface area is 368 Å². The Bertz CT molecular complexity index is 1200. The van der Waals surface area contributed by atoms with Crippen molar-refractivity contribution in [2.75, 3.05) is 13.2 Å². The summed E-state index contributed by atoms with van der Waals surface area (Å²) in [6, 6.07) is 0. The quantitative estimate of drug-likeness (QED) is 0.0269. The number of unbranched alkanes of at least 4 members (excludes halogenated alkanes) is 22. The molecule has 0 saturated heterocycles. The number of esters is 2. The summed E-state index contributed by atoms with van der Waals surface area (Å²) in [7, 11) is -4.78. The summed E-state index contributed by atoms with van der Waals surface area (Å²) in [5.74, 6) is -0.959. The lowest BCUT2D eigenvalue weighted by Crippen LogP contribution is -2.29. The van der Waals surface area contributed by atoms with Gasteiger partial charge in [-0.05, 0) is 77.0 Å². The first-order valence-corrected chi connectivity index (χ1v) is 25.8. The highest BCUT2D eigenvalue weighted by Crippen LogP contribution is 2.36. The zero-order chi connectivity index (χ0) is 43.9. The molecular weight excluding hydrogens is 772 g/mol. The van der Waals surface area contributed by atoms with Crippen molar-refractivity contribution in [2.45, 2.75) is 225 Å². The maximum absolute atomic E-state index is 12.4. The third kappa shape index (κ3) is 48.2. The van der Waals surface area contributed by atoms with Gasteiger partial charge in [-0.2, -0.15) is 0 Å². The van der Waals surface area contributed by atoms with Crippen molar-refractivity contribution < 1.29 is 37.9 Å². The van der Waals surface area contributed by atoms with Gasteiger partial charge in [0.15, 0.2) is 6.10 Å². The smallest absolute Gasteiger partial charge is 0.462 e. The van der Waals surface area contributed by atoms with Crippen LogP contribution in [0, 0.1) is 0 Å². The van der Waals surface area contributed by atoms with E-state index in [4.69, 9.17) is 19.3 Å². The van der Waals surface area contributed by atoms with Crippen LogP contribution < -0.4 is 0 Å². The van der Waals surface area contributed by atoms with E-state index in [2.05, 4.69) is 91.3 Å². The normalized spacial score (nSPS) is 13.1. The van der Waals surface area contributed by atoms with E-state index in [-0.39, 0.29) is 19.4 Å². The topological polar surface area (TPSA) is 119 Å². The molecule has 0 aliphatic rings. The molecule has 0 aromatic rings. The fourth-order valence-electron chi connectivity index (χ4n) is 6.64. The maximum Gasteiger partial charge on any atom is 0.469 e. The second kappa shape index (κ2) is 46.0. The minimum Gasteiger partial charge on any atom is -0.462 e. The Morgan fingerprint density at radius 3 is 1.27 bits per heavy atom. The van der Waals surface area contributed by atoms with E-state index in [0.29, 0.717) is 12.8 Å². The number of allylic oxidation sites excluding steroid dienone is 12. The standard InChI is InChI=1S/C51H89O8P/c1-3-5-7-9-11-13-15-17-19-21-23-24-25-26-28-30-32-34-36-38-40-42-44-46-51(53)59-49(48-58-60(54,55)56)47-57-50(52)45-43-41-39-37-35-33-31-29-27-22-20-18-16-14-12-10-8-6-4-2/h6,8,12,14,18,20,27,29,33,35,38,40,49H,3-5,7,9-11,13,15-17,19,21-26,28,30-32,34,36-37,39,41-48H2,1-2H3,(H2,54,55,56)/b8-6+,14-12+,20-18+,29-27+,35-33+,40-38+/t49-/m1/s1. The van der Waals surface area contributed by atoms with Gasteiger partial charge in [0, 0.05) is 12.8 Å². The molecule has 346 valence electrons. The van der Waals surface area contributed by atoms with Gasteiger partial charge in [0.1, 0.15) is 6.61 Å². The first-order valence-electron chi connectivity index (χ1n) is 24.2. The van der Waals surface area contributed by atoms with E-state index >= 15 is 0 Å².